The number of nitrogens with zero attached hydrogens (tertiary/aromatic N) is 3. The molecule has 0 bridgehead atoms. The number of nitrogens with two attached hydrogens (primary N) is 1. The van der Waals surface area contributed by atoms with Gasteiger partial charge in [0.15, 0.2) is 0 Å². The summed E-state index contributed by atoms with van der Waals surface area (Å²) in [4.78, 5) is 36.0. The Morgan fingerprint density at radius 2 is 1.90 bits per heavy atom. The van der Waals surface area contributed by atoms with Crippen LogP contribution in [0.15, 0.2) is 60.9 Å². The van der Waals surface area contributed by atoms with Gasteiger partial charge in [-0.05, 0) is 53.3 Å². The summed E-state index contributed by atoms with van der Waals surface area (Å²) in [6.45, 7) is 3.90. The molecule has 0 aliphatic carbocycles. The molecule has 2 aliphatic rings. The Morgan fingerprint density at radius 3 is 2.51 bits per heavy atom. The van der Waals surface area contributed by atoms with Gasteiger partial charge in [-0.15, -0.1) is 0 Å². The van der Waals surface area contributed by atoms with Crippen LogP contribution in [0, 0.1) is 5.92 Å². The van der Waals surface area contributed by atoms with Gasteiger partial charge in [-0.1, -0.05) is 36.4 Å². The number of ether oxygens (including phenoxy) is 1. The van der Waals surface area contributed by atoms with E-state index in [4.69, 9.17) is 10.5 Å². The van der Waals surface area contributed by atoms with E-state index in [1.807, 2.05) is 13.0 Å². The van der Waals surface area contributed by atoms with E-state index >= 15 is 0 Å². The Balaban J connectivity index is 1.25. The number of aromatic nitrogens is 2. The zero-order valence-corrected chi connectivity index (χ0v) is 22.4. The van der Waals surface area contributed by atoms with Gasteiger partial charge in [-0.2, -0.15) is 13.2 Å². The maximum atomic E-state index is 13.3. The third kappa shape index (κ3) is 6.31. The molecule has 1 fully saturated rings. The second kappa shape index (κ2) is 11.8. The molecular formula is C30H30F3N5O3. The van der Waals surface area contributed by atoms with Gasteiger partial charge in [0.2, 0.25) is 5.91 Å². The molecule has 3 heterocycles. The molecule has 2 aromatic carbocycles. The molecular weight excluding hydrogens is 535 g/mol. The summed E-state index contributed by atoms with van der Waals surface area (Å²) in [5, 5.41) is 2.91. The third-order valence-electron chi connectivity index (χ3n) is 7.43. The van der Waals surface area contributed by atoms with Crippen LogP contribution < -0.4 is 11.1 Å². The van der Waals surface area contributed by atoms with E-state index in [-0.39, 0.29) is 24.1 Å². The maximum Gasteiger partial charge on any atom is 0.416 e. The Hall–Kier alpha value is -4.09. The molecule has 1 atom stereocenters. The average Bonchev–Trinajstić information content (AvgIpc) is 2.95. The minimum absolute atomic E-state index is 0.0565. The fourth-order valence-corrected chi connectivity index (χ4v) is 4.87. The van der Waals surface area contributed by atoms with Gasteiger partial charge in [0.25, 0.3) is 5.91 Å². The zero-order chi connectivity index (χ0) is 29.1. The summed E-state index contributed by atoms with van der Waals surface area (Å²) < 4.78 is 44.9. The topological polar surface area (TPSA) is 110 Å². The summed E-state index contributed by atoms with van der Waals surface area (Å²) in [6.07, 6.45) is 1.09. The maximum absolute atomic E-state index is 13.3. The zero-order valence-electron chi connectivity index (χ0n) is 22.4. The molecule has 214 valence electrons. The van der Waals surface area contributed by atoms with Crippen LogP contribution in [0.3, 0.4) is 0 Å². The Morgan fingerprint density at radius 1 is 1.15 bits per heavy atom. The van der Waals surface area contributed by atoms with Crippen molar-refractivity contribution in [3.63, 3.8) is 0 Å². The number of carbonyl (C=O) groups excluding carboxylic acids is 2. The molecule has 11 heteroatoms. The average molecular weight is 566 g/mol. The Kier molecular flexibility index (Phi) is 8.18. The second-order valence-corrected chi connectivity index (χ2v) is 10.2. The van der Waals surface area contributed by atoms with Gasteiger partial charge in [0.05, 0.1) is 48.8 Å². The number of rotatable bonds is 7. The first-order valence-electron chi connectivity index (χ1n) is 13.3. The highest BCUT2D eigenvalue weighted by Crippen LogP contribution is 2.34. The molecule has 2 aliphatic heterocycles. The van der Waals surface area contributed by atoms with Gasteiger partial charge in [0.1, 0.15) is 5.69 Å². The SMILES string of the molecule is C[C@H](NC(=O)c1cncc(C2=CCN(C(=O)C3COC3)CC2)n1)c1ccc(-c2cc(C(F)(F)F)ccc2CN)cc1. The van der Waals surface area contributed by atoms with Crippen molar-refractivity contribution in [3.8, 4) is 11.1 Å². The normalized spacial score (nSPS) is 16.5. The summed E-state index contributed by atoms with van der Waals surface area (Å²) in [7, 11) is 0. The minimum atomic E-state index is -4.46. The molecule has 1 saturated heterocycles. The summed E-state index contributed by atoms with van der Waals surface area (Å²) in [5.41, 5.74) is 9.09. The molecule has 2 amide bonds. The van der Waals surface area contributed by atoms with Crippen LogP contribution in [0.1, 0.15) is 52.3 Å². The Labute approximate surface area is 235 Å². The molecule has 41 heavy (non-hydrogen) atoms. The van der Waals surface area contributed by atoms with Crippen molar-refractivity contribution in [2.75, 3.05) is 26.3 Å². The van der Waals surface area contributed by atoms with Crippen LogP contribution in [0.25, 0.3) is 16.7 Å². The first-order chi connectivity index (χ1) is 19.6. The van der Waals surface area contributed by atoms with Crippen LogP contribution in [0.2, 0.25) is 0 Å². The molecule has 8 nitrogen and oxygen atoms in total. The minimum Gasteiger partial charge on any atom is -0.380 e. The lowest BCUT2D eigenvalue weighted by Crippen LogP contribution is -2.46. The van der Waals surface area contributed by atoms with Crippen molar-refractivity contribution in [1.29, 1.82) is 0 Å². The predicted molar refractivity (Wildman–Crippen MR) is 146 cm³/mol. The van der Waals surface area contributed by atoms with E-state index in [0.717, 1.165) is 23.3 Å². The molecule has 0 spiro atoms. The molecule has 5 rings (SSSR count). The highest BCUT2D eigenvalue weighted by Gasteiger charge is 2.32. The number of carbonyl (C=O) groups is 2. The number of amides is 2. The summed E-state index contributed by atoms with van der Waals surface area (Å²) >= 11 is 0. The van der Waals surface area contributed by atoms with Gasteiger partial charge in [0, 0.05) is 19.6 Å². The molecule has 3 N–H and O–H groups in total. The fraction of sp³-hybridized carbons (Fsp3) is 0.333. The standard InChI is InChI=1S/C30H30F3N5O3/c1-18(19-2-4-20(5-3-19)25-12-24(30(31,32)33)7-6-22(25)13-34)36-28(39)27-15-35-14-26(37-27)21-8-10-38(11-9-21)29(40)23-16-41-17-23/h2-8,12,14-15,18,23H,9-11,13,16-17,34H2,1H3,(H,36,39)/t18-/m0/s1. The highest BCUT2D eigenvalue weighted by molar-refractivity contribution is 5.92. The van der Waals surface area contributed by atoms with E-state index in [2.05, 4.69) is 15.3 Å². The van der Waals surface area contributed by atoms with Gasteiger partial charge in [-0.3, -0.25) is 14.6 Å². The largest absolute Gasteiger partial charge is 0.416 e. The molecule has 0 unspecified atom stereocenters. The first-order valence-corrected chi connectivity index (χ1v) is 13.3. The van der Waals surface area contributed by atoms with Gasteiger partial charge < -0.3 is 20.7 Å². The van der Waals surface area contributed by atoms with Crippen LogP contribution in [0.5, 0.6) is 0 Å². The molecule has 0 radical (unpaired) electrons. The van der Waals surface area contributed by atoms with Crippen LogP contribution >= 0.6 is 0 Å². The summed E-state index contributed by atoms with van der Waals surface area (Å²) in [5.74, 6) is -0.362. The van der Waals surface area contributed by atoms with Crippen molar-refractivity contribution < 1.29 is 27.5 Å². The monoisotopic (exact) mass is 565 g/mol. The van der Waals surface area contributed by atoms with Crippen molar-refractivity contribution in [3.05, 3.63) is 89.0 Å². The lowest BCUT2D eigenvalue weighted by atomic mass is 9.95. The van der Waals surface area contributed by atoms with Crippen molar-refractivity contribution in [1.82, 2.24) is 20.2 Å². The van der Waals surface area contributed by atoms with Crippen LogP contribution in [-0.2, 0) is 22.3 Å². The third-order valence-corrected chi connectivity index (χ3v) is 7.43. The molecule has 1 aromatic heterocycles. The predicted octanol–water partition coefficient (Wildman–Crippen LogP) is 4.37. The number of halogens is 3. The lowest BCUT2D eigenvalue weighted by Gasteiger charge is -2.33. The fourth-order valence-electron chi connectivity index (χ4n) is 4.87. The number of alkyl halides is 3. The molecule has 0 saturated carbocycles. The second-order valence-electron chi connectivity index (χ2n) is 10.2. The number of nitrogens with one attached hydrogen (secondary N) is 1. The summed E-state index contributed by atoms with van der Waals surface area (Å²) in [6, 6.07) is 10.1. The first kappa shape index (κ1) is 28.4. The van der Waals surface area contributed by atoms with Crippen molar-refractivity contribution in [2.45, 2.75) is 32.1 Å². The number of benzene rings is 2. The van der Waals surface area contributed by atoms with E-state index in [9.17, 15) is 22.8 Å². The van der Waals surface area contributed by atoms with Gasteiger partial charge in [-0.25, -0.2) is 4.98 Å². The quantitative estimate of drug-likeness (QED) is 0.440. The van der Waals surface area contributed by atoms with Crippen LogP contribution in [0.4, 0.5) is 13.2 Å². The van der Waals surface area contributed by atoms with E-state index in [1.165, 1.54) is 12.3 Å². The van der Waals surface area contributed by atoms with E-state index in [0.29, 0.717) is 55.1 Å². The number of hydrogen-bond donors (Lipinski definition) is 2. The molecule has 3 aromatic rings. The van der Waals surface area contributed by atoms with Crippen LogP contribution in [-0.4, -0.2) is 53.0 Å². The number of hydrogen-bond acceptors (Lipinski definition) is 6. The highest BCUT2D eigenvalue weighted by atomic mass is 19.4. The Bertz CT molecular complexity index is 1470. The van der Waals surface area contributed by atoms with Gasteiger partial charge >= 0.3 is 6.18 Å². The van der Waals surface area contributed by atoms with E-state index in [1.54, 1.807) is 35.4 Å². The van der Waals surface area contributed by atoms with Crippen molar-refractivity contribution in [2.24, 2.45) is 11.7 Å². The lowest BCUT2D eigenvalue weighted by molar-refractivity contribution is -0.149. The van der Waals surface area contributed by atoms with E-state index < -0.39 is 23.7 Å². The smallest absolute Gasteiger partial charge is 0.380 e. The van der Waals surface area contributed by atoms with Crippen molar-refractivity contribution >= 4 is 17.4 Å².